The lowest BCUT2D eigenvalue weighted by Crippen LogP contribution is -2.46. The average Bonchev–Trinajstić information content (AvgIpc) is 3.33. The number of hydrogen-bond acceptors (Lipinski definition) is 5. The Morgan fingerprint density at radius 1 is 0.479 bits per heavy atom. The van der Waals surface area contributed by atoms with Gasteiger partial charge in [-0.3, -0.25) is 13.8 Å². The van der Waals surface area contributed by atoms with Gasteiger partial charge in [0.05, 0.1) is 39.9 Å². The highest BCUT2D eigenvalue weighted by Gasteiger charge is 2.28. The maximum atomic E-state index is 13.0. The zero-order valence-corrected chi connectivity index (χ0v) is 49.1. The first kappa shape index (κ1) is 70.0. The third-order valence-electron chi connectivity index (χ3n) is 14.5. The van der Waals surface area contributed by atoms with E-state index >= 15 is 0 Å². The average molecular weight is 1020 g/mol. The Morgan fingerprint density at radius 3 is 1.17 bits per heavy atom. The van der Waals surface area contributed by atoms with E-state index in [4.69, 9.17) is 9.05 Å². The van der Waals surface area contributed by atoms with Gasteiger partial charge in [-0.25, -0.2) is 4.57 Å². The van der Waals surface area contributed by atoms with E-state index in [-0.39, 0.29) is 19.1 Å². The number of amides is 1. The standard InChI is InChI=1S/C62H123N2O6P/c1-6-8-10-12-14-16-18-20-22-24-26-27-28-29-30-31-32-33-34-35-36-37-38-39-41-43-45-47-49-51-53-55-61(65)60(59-70-71(67,68)69-58-57-64(3,4)5)63-62(66)56-54-52-50-48-46-44-42-40-25-23-21-19-17-15-13-11-9-7-2/h17,19,23,25,60-61,65H,6-16,18,20-22,24,26-59H2,1-5H3,(H-,63,66,67,68)/p+1/b19-17-,25-23-. The molecule has 3 unspecified atom stereocenters. The summed E-state index contributed by atoms with van der Waals surface area (Å²) in [7, 11) is 1.62. The van der Waals surface area contributed by atoms with Gasteiger partial charge in [-0.05, 0) is 44.9 Å². The summed E-state index contributed by atoms with van der Waals surface area (Å²) in [6.07, 6.45) is 68.3. The molecule has 3 N–H and O–H groups in total. The van der Waals surface area contributed by atoms with Gasteiger partial charge in [0.1, 0.15) is 13.2 Å². The third kappa shape index (κ3) is 56.5. The van der Waals surface area contributed by atoms with Crippen molar-refractivity contribution in [1.29, 1.82) is 0 Å². The van der Waals surface area contributed by atoms with Crippen molar-refractivity contribution >= 4 is 13.7 Å². The summed E-state index contributed by atoms with van der Waals surface area (Å²) >= 11 is 0. The number of nitrogens with zero attached hydrogens (tertiary/aromatic N) is 1. The Balaban J connectivity index is 4.04. The number of unbranched alkanes of at least 4 members (excludes halogenated alkanes) is 41. The predicted octanol–water partition coefficient (Wildman–Crippen LogP) is 19.2. The maximum Gasteiger partial charge on any atom is 0.472 e. The normalized spacial score (nSPS) is 14.0. The molecule has 0 fully saturated rings. The van der Waals surface area contributed by atoms with E-state index in [1.165, 1.54) is 238 Å². The number of phosphoric acid groups is 1. The lowest BCUT2D eigenvalue weighted by atomic mass is 10.0. The quantitative estimate of drug-likeness (QED) is 0.0243. The van der Waals surface area contributed by atoms with Gasteiger partial charge in [-0.1, -0.05) is 289 Å². The van der Waals surface area contributed by atoms with Crippen LogP contribution in [0.4, 0.5) is 0 Å². The van der Waals surface area contributed by atoms with Gasteiger partial charge in [0, 0.05) is 6.42 Å². The van der Waals surface area contributed by atoms with Crippen molar-refractivity contribution in [2.75, 3.05) is 40.9 Å². The molecule has 0 radical (unpaired) electrons. The summed E-state index contributed by atoms with van der Waals surface area (Å²) in [5.74, 6) is -0.148. The number of aliphatic hydroxyl groups is 1. The molecular weight excluding hydrogens is 900 g/mol. The van der Waals surface area contributed by atoms with Crippen LogP contribution >= 0.6 is 7.82 Å². The SMILES string of the molecule is CCCCCC/C=C\C/C=C\CCCCCCCCCC(=O)NC(COP(=O)(O)OCC[N+](C)(C)C)C(O)CCCCCCCCCCCCCCCCCCCCCCCCCCCCCCCCC. The second kappa shape index (κ2) is 53.8. The largest absolute Gasteiger partial charge is 0.472 e. The van der Waals surface area contributed by atoms with Gasteiger partial charge in [0.15, 0.2) is 0 Å². The van der Waals surface area contributed by atoms with Crippen LogP contribution in [-0.4, -0.2) is 73.4 Å². The number of carbonyl (C=O) groups is 1. The molecule has 9 heteroatoms. The molecule has 0 aromatic rings. The minimum Gasteiger partial charge on any atom is -0.391 e. The number of aliphatic hydroxyl groups excluding tert-OH is 1. The maximum absolute atomic E-state index is 13.0. The topological polar surface area (TPSA) is 105 Å². The van der Waals surface area contributed by atoms with Gasteiger partial charge in [0.25, 0.3) is 0 Å². The molecule has 0 bridgehead atoms. The van der Waals surface area contributed by atoms with Gasteiger partial charge >= 0.3 is 7.82 Å². The first-order chi connectivity index (χ1) is 34.5. The molecule has 0 heterocycles. The van der Waals surface area contributed by atoms with Crippen LogP contribution in [-0.2, 0) is 18.4 Å². The fourth-order valence-corrected chi connectivity index (χ4v) is 10.3. The van der Waals surface area contributed by atoms with Crippen molar-refractivity contribution in [2.24, 2.45) is 0 Å². The minimum atomic E-state index is -4.33. The fourth-order valence-electron chi connectivity index (χ4n) is 9.55. The molecule has 0 saturated heterocycles. The Hall–Kier alpha value is -1.02. The number of hydrogen-bond donors (Lipinski definition) is 3. The van der Waals surface area contributed by atoms with Gasteiger partial charge in [-0.15, -0.1) is 0 Å². The van der Waals surface area contributed by atoms with E-state index in [0.29, 0.717) is 23.9 Å². The lowest BCUT2D eigenvalue weighted by Gasteiger charge is -2.26. The van der Waals surface area contributed by atoms with Crippen LogP contribution in [0, 0.1) is 0 Å². The van der Waals surface area contributed by atoms with Crippen molar-refractivity contribution in [3.8, 4) is 0 Å². The summed E-state index contributed by atoms with van der Waals surface area (Å²) in [6.45, 7) is 4.91. The highest BCUT2D eigenvalue weighted by molar-refractivity contribution is 7.47. The van der Waals surface area contributed by atoms with Crippen LogP contribution < -0.4 is 5.32 Å². The summed E-state index contributed by atoms with van der Waals surface area (Å²) < 4.78 is 23.8. The van der Waals surface area contributed by atoms with E-state index in [1.54, 1.807) is 0 Å². The molecule has 0 spiro atoms. The fraction of sp³-hybridized carbons (Fsp3) is 0.919. The molecule has 0 aliphatic carbocycles. The molecule has 3 atom stereocenters. The Morgan fingerprint density at radius 2 is 0.803 bits per heavy atom. The van der Waals surface area contributed by atoms with Crippen LogP contribution in [0.5, 0.6) is 0 Å². The molecule has 8 nitrogen and oxygen atoms in total. The van der Waals surface area contributed by atoms with Crippen LogP contribution in [0.15, 0.2) is 24.3 Å². The molecule has 0 saturated carbocycles. The number of rotatable bonds is 58. The molecule has 1 amide bonds. The van der Waals surface area contributed by atoms with E-state index in [2.05, 4.69) is 43.5 Å². The predicted molar refractivity (Wildman–Crippen MR) is 309 cm³/mol. The first-order valence-electron chi connectivity index (χ1n) is 31.2. The van der Waals surface area contributed by atoms with Crippen LogP contribution in [0.2, 0.25) is 0 Å². The number of nitrogens with one attached hydrogen (secondary N) is 1. The molecule has 71 heavy (non-hydrogen) atoms. The molecule has 0 rings (SSSR count). The minimum absolute atomic E-state index is 0.0742. The van der Waals surface area contributed by atoms with Gasteiger partial charge in [-0.2, -0.15) is 0 Å². The van der Waals surface area contributed by atoms with E-state index in [0.717, 1.165) is 51.4 Å². The molecule has 0 aromatic heterocycles. The molecular formula is C62H124N2O6P+. The van der Waals surface area contributed by atoms with Crippen molar-refractivity contribution in [2.45, 2.75) is 328 Å². The summed E-state index contributed by atoms with van der Waals surface area (Å²) in [4.78, 5) is 23.3. The highest BCUT2D eigenvalue weighted by Crippen LogP contribution is 2.43. The van der Waals surface area contributed by atoms with Crippen LogP contribution in [0.1, 0.15) is 316 Å². The number of phosphoric ester groups is 1. The molecule has 0 aliphatic heterocycles. The summed E-state index contributed by atoms with van der Waals surface area (Å²) in [5.41, 5.74) is 0. The van der Waals surface area contributed by atoms with Gasteiger partial charge < -0.3 is 19.8 Å². The van der Waals surface area contributed by atoms with E-state index < -0.39 is 20.0 Å². The van der Waals surface area contributed by atoms with E-state index in [9.17, 15) is 19.4 Å². The second-order valence-electron chi connectivity index (χ2n) is 22.8. The van der Waals surface area contributed by atoms with Crippen molar-refractivity contribution in [1.82, 2.24) is 5.32 Å². The second-order valence-corrected chi connectivity index (χ2v) is 24.2. The van der Waals surface area contributed by atoms with Crippen molar-refractivity contribution < 1.29 is 32.9 Å². The number of quaternary nitrogens is 1. The van der Waals surface area contributed by atoms with Crippen LogP contribution in [0.3, 0.4) is 0 Å². The molecule has 0 aromatic carbocycles. The molecule has 0 aliphatic rings. The number of allylic oxidation sites excluding steroid dienone is 4. The zero-order valence-electron chi connectivity index (χ0n) is 48.2. The third-order valence-corrected chi connectivity index (χ3v) is 15.4. The Bertz CT molecular complexity index is 1210. The Labute approximate surface area is 443 Å². The van der Waals surface area contributed by atoms with Crippen LogP contribution in [0.25, 0.3) is 0 Å². The zero-order chi connectivity index (χ0) is 52.0. The summed E-state index contributed by atoms with van der Waals surface area (Å²) in [5, 5.41) is 14.1. The first-order valence-corrected chi connectivity index (χ1v) is 32.7. The van der Waals surface area contributed by atoms with Crippen molar-refractivity contribution in [3.05, 3.63) is 24.3 Å². The Kier molecular flexibility index (Phi) is 53.0. The smallest absolute Gasteiger partial charge is 0.391 e. The highest BCUT2D eigenvalue weighted by atomic mass is 31.2. The van der Waals surface area contributed by atoms with Crippen molar-refractivity contribution in [3.63, 3.8) is 0 Å². The number of carbonyl (C=O) groups excluding carboxylic acids is 1. The lowest BCUT2D eigenvalue weighted by molar-refractivity contribution is -0.870. The molecule has 422 valence electrons. The monoisotopic (exact) mass is 1020 g/mol. The van der Waals surface area contributed by atoms with E-state index in [1.807, 2.05) is 21.1 Å². The summed E-state index contributed by atoms with van der Waals surface area (Å²) in [6, 6.07) is -0.765. The number of likely N-dealkylation sites (N-methyl/N-ethyl adjacent to an activating group) is 1. The van der Waals surface area contributed by atoms with Gasteiger partial charge in [0.2, 0.25) is 5.91 Å².